The minimum atomic E-state index is -0.134. The predicted octanol–water partition coefficient (Wildman–Crippen LogP) is 4.14. The lowest BCUT2D eigenvalue weighted by Crippen LogP contribution is -2.15. The van der Waals surface area contributed by atoms with E-state index in [0.29, 0.717) is 11.1 Å². The molecule has 1 N–H and O–H groups in total. The number of fused-ring (bicyclic) bond motifs is 1. The molecule has 1 aliphatic heterocycles. The highest BCUT2D eigenvalue weighted by Crippen LogP contribution is 2.32. The van der Waals surface area contributed by atoms with Crippen LogP contribution in [0.5, 0.6) is 5.75 Å². The van der Waals surface area contributed by atoms with E-state index in [2.05, 4.69) is 31.4 Å². The maximum absolute atomic E-state index is 12.8. The second-order valence-electron chi connectivity index (χ2n) is 8.20. The van der Waals surface area contributed by atoms with Crippen LogP contribution < -0.4 is 10.1 Å². The molecule has 0 radical (unpaired) electrons. The fourth-order valence-electron chi connectivity index (χ4n) is 4.06. The summed E-state index contributed by atoms with van der Waals surface area (Å²) in [5.74, 6) is 1.33. The van der Waals surface area contributed by atoms with Crippen LogP contribution in [0.3, 0.4) is 0 Å². The van der Waals surface area contributed by atoms with E-state index in [9.17, 15) is 4.79 Å². The summed E-state index contributed by atoms with van der Waals surface area (Å²) in [4.78, 5) is 26.4. The van der Waals surface area contributed by atoms with E-state index in [1.165, 1.54) is 16.9 Å². The molecule has 4 aromatic rings. The Morgan fingerprint density at radius 2 is 1.91 bits per heavy atom. The largest absolute Gasteiger partial charge is 0.493 e. The quantitative estimate of drug-likeness (QED) is 0.481. The van der Waals surface area contributed by atoms with Gasteiger partial charge in [0.25, 0.3) is 5.95 Å². The van der Waals surface area contributed by atoms with Gasteiger partial charge in [-0.3, -0.25) is 4.79 Å². The first kappa shape index (κ1) is 21.3. The third-order valence-electron chi connectivity index (χ3n) is 5.67. The van der Waals surface area contributed by atoms with Gasteiger partial charge in [-0.25, -0.2) is 19.6 Å². The number of amides is 1. The van der Waals surface area contributed by atoms with Crippen LogP contribution in [0.1, 0.15) is 33.9 Å². The van der Waals surface area contributed by atoms with Gasteiger partial charge >= 0.3 is 0 Å². The van der Waals surface area contributed by atoms with Gasteiger partial charge < -0.3 is 10.1 Å². The number of ether oxygens (including phenoxy) is 1. The van der Waals surface area contributed by atoms with Crippen LogP contribution in [-0.4, -0.2) is 37.2 Å². The molecule has 9 heteroatoms. The number of anilines is 1. The molecule has 0 unspecified atom stereocenters. The van der Waals surface area contributed by atoms with Crippen LogP contribution >= 0.6 is 11.3 Å². The van der Waals surface area contributed by atoms with E-state index in [0.717, 1.165) is 58.4 Å². The summed E-state index contributed by atoms with van der Waals surface area (Å²) < 4.78 is 7.28. The van der Waals surface area contributed by atoms with Crippen molar-refractivity contribution in [2.75, 3.05) is 11.9 Å². The Morgan fingerprint density at radius 3 is 2.70 bits per heavy atom. The summed E-state index contributed by atoms with van der Waals surface area (Å²) >= 11 is 1.42. The highest BCUT2D eigenvalue weighted by molar-refractivity contribution is 7.14. The highest BCUT2D eigenvalue weighted by Gasteiger charge is 2.19. The molecule has 0 atom stereocenters. The molecule has 33 heavy (non-hydrogen) atoms. The van der Waals surface area contributed by atoms with Crippen molar-refractivity contribution >= 4 is 22.4 Å². The Balaban J connectivity index is 1.31. The van der Waals surface area contributed by atoms with Gasteiger partial charge in [0.1, 0.15) is 5.75 Å². The van der Waals surface area contributed by atoms with Crippen LogP contribution in [0.4, 0.5) is 5.13 Å². The standard InChI is InChI=1S/C24H24N6O2S/c1-13-9-14(2)26-23(25-13)30-16(4)19(15(3)29-30)11-22(31)28-24-27-20(12-33-24)17-5-6-21-18(10-17)7-8-32-21/h5-6,9-10,12H,7-8,11H2,1-4H3,(H,27,28,31). The fraction of sp³-hybridized carbons (Fsp3) is 0.292. The normalized spacial score (nSPS) is 12.5. The molecule has 168 valence electrons. The Kier molecular flexibility index (Phi) is 5.41. The first-order chi connectivity index (χ1) is 15.9. The van der Waals surface area contributed by atoms with Gasteiger partial charge in [-0.15, -0.1) is 11.3 Å². The molecule has 0 saturated heterocycles. The summed E-state index contributed by atoms with van der Waals surface area (Å²) in [7, 11) is 0. The molecule has 4 heterocycles. The van der Waals surface area contributed by atoms with Crippen LogP contribution in [0, 0.1) is 27.7 Å². The summed E-state index contributed by atoms with van der Waals surface area (Å²) in [6.45, 7) is 8.41. The topological polar surface area (TPSA) is 94.8 Å². The van der Waals surface area contributed by atoms with Gasteiger partial charge in [0.2, 0.25) is 5.91 Å². The molecule has 0 fully saturated rings. The average Bonchev–Trinajstić information content (AvgIpc) is 3.48. The highest BCUT2D eigenvalue weighted by atomic mass is 32.1. The second-order valence-corrected chi connectivity index (χ2v) is 9.05. The molecule has 0 spiro atoms. The minimum Gasteiger partial charge on any atom is -0.493 e. The Morgan fingerprint density at radius 1 is 1.12 bits per heavy atom. The third kappa shape index (κ3) is 4.23. The van der Waals surface area contributed by atoms with Gasteiger partial charge in [-0.05, 0) is 57.5 Å². The van der Waals surface area contributed by atoms with E-state index in [1.54, 1.807) is 4.68 Å². The van der Waals surface area contributed by atoms with Crippen LogP contribution in [0.2, 0.25) is 0 Å². The maximum Gasteiger partial charge on any atom is 0.251 e. The number of thiazole rings is 1. The molecule has 0 bridgehead atoms. The van der Waals surface area contributed by atoms with Gasteiger partial charge in [0.05, 0.1) is 24.4 Å². The zero-order valence-electron chi connectivity index (χ0n) is 19.0. The smallest absolute Gasteiger partial charge is 0.251 e. The van der Waals surface area contributed by atoms with E-state index >= 15 is 0 Å². The van der Waals surface area contributed by atoms with Crippen molar-refractivity contribution in [2.24, 2.45) is 0 Å². The molecule has 8 nitrogen and oxygen atoms in total. The van der Waals surface area contributed by atoms with Crippen LogP contribution in [0.25, 0.3) is 17.2 Å². The number of nitrogens with one attached hydrogen (secondary N) is 1. The van der Waals surface area contributed by atoms with Crippen LogP contribution in [-0.2, 0) is 17.6 Å². The number of carbonyl (C=O) groups is 1. The minimum absolute atomic E-state index is 0.134. The Hall–Kier alpha value is -3.59. The van der Waals surface area contributed by atoms with Gasteiger partial charge in [0.15, 0.2) is 5.13 Å². The number of hydrogen-bond acceptors (Lipinski definition) is 7. The number of hydrogen-bond donors (Lipinski definition) is 1. The lowest BCUT2D eigenvalue weighted by Gasteiger charge is -2.06. The van der Waals surface area contributed by atoms with E-state index in [4.69, 9.17) is 4.74 Å². The third-order valence-corrected chi connectivity index (χ3v) is 6.43. The van der Waals surface area contributed by atoms with Gasteiger partial charge in [-0.2, -0.15) is 5.10 Å². The van der Waals surface area contributed by atoms with Crippen molar-refractivity contribution in [3.8, 4) is 23.0 Å². The number of aryl methyl sites for hydroxylation is 3. The van der Waals surface area contributed by atoms with Crippen molar-refractivity contribution in [2.45, 2.75) is 40.5 Å². The van der Waals surface area contributed by atoms with Crippen molar-refractivity contribution in [3.05, 3.63) is 63.5 Å². The van der Waals surface area contributed by atoms with Crippen molar-refractivity contribution in [1.29, 1.82) is 0 Å². The molecule has 1 aromatic carbocycles. The Bertz CT molecular complexity index is 1350. The summed E-state index contributed by atoms with van der Waals surface area (Å²) in [6, 6.07) is 8.01. The zero-order valence-corrected chi connectivity index (χ0v) is 19.8. The number of nitrogens with zero attached hydrogens (tertiary/aromatic N) is 5. The molecular formula is C24H24N6O2S. The molecular weight excluding hydrogens is 436 g/mol. The van der Waals surface area contributed by atoms with Crippen molar-refractivity contribution in [1.82, 2.24) is 24.7 Å². The molecule has 0 aliphatic carbocycles. The lowest BCUT2D eigenvalue weighted by molar-refractivity contribution is -0.115. The number of benzene rings is 1. The molecule has 3 aromatic heterocycles. The number of rotatable bonds is 5. The second kappa shape index (κ2) is 8.40. The monoisotopic (exact) mass is 460 g/mol. The summed E-state index contributed by atoms with van der Waals surface area (Å²) in [5, 5.41) is 10.0. The van der Waals surface area contributed by atoms with Crippen LogP contribution in [0.15, 0.2) is 29.6 Å². The Labute approximate surface area is 195 Å². The molecule has 1 amide bonds. The molecule has 1 aliphatic rings. The average molecular weight is 461 g/mol. The number of carbonyl (C=O) groups excluding carboxylic acids is 1. The fourth-order valence-corrected chi connectivity index (χ4v) is 4.80. The first-order valence-corrected chi connectivity index (χ1v) is 11.6. The summed E-state index contributed by atoms with van der Waals surface area (Å²) in [6.07, 6.45) is 1.12. The predicted molar refractivity (Wildman–Crippen MR) is 127 cm³/mol. The first-order valence-electron chi connectivity index (χ1n) is 10.8. The van der Waals surface area contributed by atoms with Crippen molar-refractivity contribution in [3.63, 3.8) is 0 Å². The SMILES string of the molecule is Cc1cc(C)nc(-n2nc(C)c(CC(=O)Nc3nc(-c4ccc5c(c4)CCO5)cs3)c2C)n1. The lowest BCUT2D eigenvalue weighted by atomic mass is 10.1. The van der Waals surface area contributed by atoms with E-state index in [1.807, 2.05) is 51.3 Å². The van der Waals surface area contributed by atoms with E-state index in [-0.39, 0.29) is 12.3 Å². The van der Waals surface area contributed by atoms with E-state index < -0.39 is 0 Å². The van der Waals surface area contributed by atoms with Gasteiger partial charge in [-0.1, -0.05) is 0 Å². The van der Waals surface area contributed by atoms with Crippen molar-refractivity contribution < 1.29 is 9.53 Å². The number of aromatic nitrogens is 5. The molecule has 0 saturated carbocycles. The zero-order chi connectivity index (χ0) is 23.1. The summed E-state index contributed by atoms with van der Waals surface area (Å²) in [5.41, 5.74) is 7.32. The molecule has 5 rings (SSSR count). The maximum atomic E-state index is 12.8. The van der Waals surface area contributed by atoms with Gasteiger partial charge in [0, 0.05) is 40.0 Å².